The van der Waals surface area contributed by atoms with E-state index >= 15 is 0 Å². The summed E-state index contributed by atoms with van der Waals surface area (Å²) in [6.45, 7) is 3.36. The number of likely N-dealkylation sites (N-methyl/N-ethyl adjacent to an activating group) is 1. The second-order valence-electron chi connectivity index (χ2n) is 3.89. The molecule has 3 heteroatoms. The van der Waals surface area contributed by atoms with Crippen LogP contribution in [0.2, 0.25) is 0 Å². The lowest BCUT2D eigenvalue weighted by Gasteiger charge is -2.15. The maximum atomic E-state index is 8.66. The molecule has 3 nitrogen and oxygen atoms in total. The van der Waals surface area contributed by atoms with E-state index in [1.807, 2.05) is 0 Å². The van der Waals surface area contributed by atoms with Crippen molar-refractivity contribution in [1.29, 1.82) is 0 Å². The van der Waals surface area contributed by atoms with Crippen LogP contribution in [0.4, 0.5) is 0 Å². The van der Waals surface area contributed by atoms with Gasteiger partial charge in [-0.25, -0.2) is 0 Å². The second kappa shape index (κ2) is 8.48. The molecule has 0 amide bonds. The van der Waals surface area contributed by atoms with E-state index in [9.17, 15) is 0 Å². The lowest BCUT2D eigenvalue weighted by Crippen LogP contribution is -2.23. The highest BCUT2D eigenvalue weighted by Gasteiger charge is 1.96. The molecule has 0 unspecified atom stereocenters. The monoisotopic (exact) mass is 188 g/mol. The average molecular weight is 188 g/mol. The molecule has 0 rings (SSSR count). The number of hydrogen-bond acceptors (Lipinski definition) is 3. The zero-order valence-corrected chi connectivity index (χ0v) is 9.29. The van der Waals surface area contributed by atoms with Gasteiger partial charge in [0.05, 0.1) is 6.61 Å². The highest BCUT2D eigenvalue weighted by molar-refractivity contribution is 4.52. The van der Waals surface area contributed by atoms with Gasteiger partial charge in [0.2, 0.25) is 0 Å². The first kappa shape index (κ1) is 12.9. The molecule has 0 spiro atoms. The number of hydrogen-bond donors (Lipinski definition) is 1. The number of aliphatic hydroxyl groups is 1. The highest BCUT2D eigenvalue weighted by Crippen LogP contribution is 1.97. The maximum Gasteiger partial charge on any atom is 0.0558 e. The summed E-state index contributed by atoms with van der Waals surface area (Å²) in [5, 5.41) is 8.66. The van der Waals surface area contributed by atoms with Crippen LogP contribution in [0.25, 0.3) is 0 Å². The van der Waals surface area contributed by atoms with Gasteiger partial charge in [0.1, 0.15) is 0 Å². The Morgan fingerprint density at radius 2 is 1.46 bits per heavy atom. The van der Waals surface area contributed by atoms with Crippen LogP contribution in [-0.4, -0.2) is 62.3 Å². The minimum absolute atomic E-state index is 0.272. The topological polar surface area (TPSA) is 26.7 Å². The summed E-state index contributed by atoms with van der Waals surface area (Å²) in [7, 11) is 6.28. The second-order valence-corrected chi connectivity index (χ2v) is 3.89. The van der Waals surface area contributed by atoms with Crippen molar-refractivity contribution in [1.82, 2.24) is 9.80 Å². The quantitative estimate of drug-likeness (QED) is 0.566. The molecule has 13 heavy (non-hydrogen) atoms. The summed E-state index contributed by atoms with van der Waals surface area (Å²) < 4.78 is 0. The van der Waals surface area contributed by atoms with E-state index < -0.39 is 0 Å². The molecule has 0 heterocycles. The summed E-state index contributed by atoms with van der Waals surface area (Å²) in [6.07, 6.45) is 3.80. The Labute approximate surface area is 82.3 Å². The van der Waals surface area contributed by atoms with Crippen molar-refractivity contribution in [3.05, 3.63) is 0 Å². The minimum atomic E-state index is 0.272. The standard InChI is InChI=1S/C10H24N2O/c1-11(2)7-5-4-6-8-12(3)9-10-13/h13H,4-10H2,1-3H3. The van der Waals surface area contributed by atoms with Crippen LogP contribution in [0.15, 0.2) is 0 Å². The predicted octanol–water partition coefficient (Wildman–Crippen LogP) is 0.642. The van der Waals surface area contributed by atoms with Crippen molar-refractivity contribution in [3.8, 4) is 0 Å². The van der Waals surface area contributed by atoms with E-state index in [4.69, 9.17) is 5.11 Å². The third kappa shape index (κ3) is 9.80. The molecule has 80 valence electrons. The Balaban J connectivity index is 3.06. The summed E-state index contributed by atoms with van der Waals surface area (Å²) in [4.78, 5) is 4.40. The zero-order chi connectivity index (χ0) is 10.1. The Morgan fingerprint density at radius 1 is 0.846 bits per heavy atom. The highest BCUT2D eigenvalue weighted by atomic mass is 16.3. The van der Waals surface area contributed by atoms with Crippen molar-refractivity contribution in [2.45, 2.75) is 19.3 Å². The fourth-order valence-corrected chi connectivity index (χ4v) is 1.27. The zero-order valence-electron chi connectivity index (χ0n) is 9.29. The van der Waals surface area contributed by atoms with E-state index in [2.05, 4.69) is 30.9 Å². The van der Waals surface area contributed by atoms with Gasteiger partial charge in [-0.2, -0.15) is 0 Å². The molecule has 1 N–H and O–H groups in total. The minimum Gasteiger partial charge on any atom is -0.395 e. The van der Waals surface area contributed by atoms with Crippen LogP contribution in [0, 0.1) is 0 Å². The molecule has 0 fully saturated rings. The molecular formula is C10H24N2O. The molecule has 0 aromatic carbocycles. The van der Waals surface area contributed by atoms with E-state index in [-0.39, 0.29) is 6.61 Å². The number of rotatable bonds is 8. The molecule has 0 aliphatic heterocycles. The SMILES string of the molecule is CN(C)CCCCCN(C)CCO. The molecule has 0 radical (unpaired) electrons. The molecule has 0 saturated heterocycles. The average Bonchev–Trinajstić information content (AvgIpc) is 2.03. The first-order chi connectivity index (χ1) is 6.16. The van der Waals surface area contributed by atoms with E-state index in [0.717, 1.165) is 13.1 Å². The Hall–Kier alpha value is -0.120. The first-order valence-corrected chi connectivity index (χ1v) is 5.11. The molecule has 0 aromatic rings. The van der Waals surface area contributed by atoms with Crippen molar-refractivity contribution in [2.24, 2.45) is 0 Å². The predicted molar refractivity (Wildman–Crippen MR) is 57.0 cm³/mol. The van der Waals surface area contributed by atoms with Gasteiger partial charge in [0.15, 0.2) is 0 Å². The smallest absolute Gasteiger partial charge is 0.0558 e. The van der Waals surface area contributed by atoms with Gasteiger partial charge in [-0.05, 0) is 47.1 Å². The van der Waals surface area contributed by atoms with Gasteiger partial charge in [-0.15, -0.1) is 0 Å². The lowest BCUT2D eigenvalue weighted by molar-refractivity contribution is 0.218. The Kier molecular flexibility index (Phi) is 8.40. The first-order valence-electron chi connectivity index (χ1n) is 5.11. The maximum absolute atomic E-state index is 8.66. The van der Waals surface area contributed by atoms with Crippen LogP contribution in [0.1, 0.15) is 19.3 Å². The van der Waals surface area contributed by atoms with Crippen molar-refractivity contribution >= 4 is 0 Å². The normalized spacial score (nSPS) is 11.5. The van der Waals surface area contributed by atoms with E-state index in [0.29, 0.717) is 0 Å². The van der Waals surface area contributed by atoms with E-state index in [1.54, 1.807) is 0 Å². The van der Waals surface area contributed by atoms with Crippen LogP contribution in [-0.2, 0) is 0 Å². The van der Waals surface area contributed by atoms with Crippen molar-refractivity contribution < 1.29 is 5.11 Å². The summed E-state index contributed by atoms with van der Waals surface area (Å²) in [5.41, 5.74) is 0. The van der Waals surface area contributed by atoms with Crippen LogP contribution < -0.4 is 0 Å². The number of aliphatic hydroxyl groups excluding tert-OH is 1. The Morgan fingerprint density at radius 3 is 2.00 bits per heavy atom. The molecular weight excluding hydrogens is 164 g/mol. The van der Waals surface area contributed by atoms with Crippen LogP contribution >= 0.6 is 0 Å². The number of unbranched alkanes of at least 4 members (excludes halogenated alkanes) is 2. The Bertz CT molecular complexity index is 107. The van der Waals surface area contributed by atoms with Gasteiger partial charge < -0.3 is 14.9 Å². The number of nitrogens with zero attached hydrogens (tertiary/aromatic N) is 2. The van der Waals surface area contributed by atoms with Gasteiger partial charge in [-0.1, -0.05) is 6.42 Å². The van der Waals surface area contributed by atoms with Gasteiger partial charge in [-0.3, -0.25) is 0 Å². The van der Waals surface area contributed by atoms with Crippen LogP contribution in [0.3, 0.4) is 0 Å². The van der Waals surface area contributed by atoms with Crippen molar-refractivity contribution in [2.75, 3.05) is 47.4 Å². The molecule has 0 aromatic heterocycles. The van der Waals surface area contributed by atoms with Gasteiger partial charge in [0.25, 0.3) is 0 Å². The van der Waals surface area contributed by atoms with Crippen LogP contribution in [0.5, 0.6) is 0 Å². The van der Waals surface area contributed by atoms with Gasteiger partial charge in [0, 0.05) is 6.54 Å². The van der Waals surface area contributed by atoms with Crippen molar-refractivity contribution in [3.63, 3.8) is 0 Å². The largest absolute Gasteiger partial charge is 0.395 e. The van der Waals surface area contributed by atoms with E-state index in [1.165, 1.54) is 25.8 Å². The molecule has 0 bridgehead atoms. The fourth-order valence-electron chi connectivity index (χ4n) is 1.27. The molecule has 0 aliphatic carbocycles. The fraction of sp³-hybridized carbons (Fsp3) is 1.00. The summed E-state index contributed by atoms with van der Waals surface area (Å²) in [5.74, 6) is 0. The third-order valence-corrected chi connectivity index (χ3v) is 2.13. The third-order valence-electron chi connectivity index (χ3n) is 2.13. The lowest BCUT2D eigenvalue weighted by atomic mass is 10.2. The molecule has 0 saturated carbocycles. The summed E-state index contributed by atoms with van der Waals surface area (Å²) in [6, 6.07) is 0. The summed E-state index contributed by atoms with van der Waals surface area (Å²) >= 11 is 0. The van der Waals surface area contributed by atoms with Gasteiger partial charge >= 0.3 is 0 Å². The molecule has 0 atom stereocenters. The molecule has 0 aliphatic rings.